The fraction of sp³-hybridized carbons (Fsp3) is 0.292. The average Bonchev–Trinajstić information content (AvgIpc) is 3.33. The maximum Gasteiger partial charge on any atom is 0.324 e. The summed E-state index contributed by atoms with van der Waals surface area (Å²) in [7, 11) is 1.60. The van der Waals surface area contributed by atoms with Crippen molar-refractivity contribution in [3.63, 3.8) is 0 Å². The van der Waals surface area contributed by atoms with E-state index in [1.807, 2.05) is 54.7 Å². The van der Waals surface area contributed by atoms with E-state index in [9.17, 15) is 14.4 Å². The number of methoxy groups -OCH3 is 1. The van der Waals surface area contributed by atoms with Gasteiger partial charge >= 0.3 is 6.03 Å². The summed E-state index contributed by atoms with van der Waals surface area (Å²) in [4.78, 5) is 41.6. The largest absolute Gasteiger partial charge is 0.497 e. The highest BCUT2D eigenvalue weighted by molar-refractivity contribution is 6.05. The molecule has 1 saturated heterocycles. The van der Waals surface area contributed by atoms with E-state index in [-0.39, 0.29) is 24.8 Å². The number of benzene rings is 2. The van der Waals surface area contributed by atoms with Crippen LogP contribution in [0, 0.1) is 0 Å². The van der Waals surface area contributed by atoms with Gasteiger partial charge in [-0.15, -0.1) is 0 Å². The molecular formula is C24H26N4O4. The van der Waals surface area contributed by atoms with Crippen LogP contribution in [0.5, 0.6) is 5.75 Å². The summed E-state index contributed by atoms with van der Waals surface area (Å²) < 4.78 is 5.13. The van der Waals surface area contributed by atoms with Gasteiger partial charge in [0.2, 0.25) is 5.91 Å². The van der Waals surface area contributed by atoms with Crippen LogP contribution >= 0.6 is 0 Å². The highest BCUT2D eigenvalue weighted by Crippen LogP contribution is 2.18. The first-order valence-corrected chi connectivity index (χ1v) is 10.6. The third kappa shape index (κ3) is 4.74. The monoisotopic (exact) mass is 434 g/mol. The van der Waals surface area contributed by atoms with Crippen molar-refractivity contribution in [2.75, 3.05) is 20.2 Å². The van der Waals surface area contributed by atoms with Crippen LogP contribution in [-0.2, 0) is 22.4 Å². The second-order valence-corrected chi connectivity index (χ2v) is 7.75. The summed E-state index contributed by atoms with van der Waals surface area (Å²) in [6.07, 6.45) is 3.08. The van der Waals surface area contributed by atoms with Gasteiger partial charge in [0.25, 0.3) is 5.91 Å². The molecule has 166 valence electrons. The normalized spacial score (nSPS) is 15.8. The Labute approximate surface area is 185 Å². The highest BCUT2D eigenvalue weighted by Gasteiger charge is 2.38. The highest BCUT2D eigenvalue weighted by atomic mass is 16.5. The van der Waals surface area contributed by atoms with E-state index in [0.717, 1.165) is 27.8 Å². The van der Waals surface area contributed by atoms with Crippen LogP contribution in [0.15, 0.2) is 54.7 Å². The van der Waals surface area contributed by atoms with Crippen molar-refractivity contribution < 1.29 is 19.1 Å². The second kappa shape index (κ2) is 9.55. The zero-order valence-corrected chi connectivity index (χ0v) is 17.9. The van der Waals surface area contributed by atoms with Crippen LogP contribution in [0.4, 0.5) is 4.79 Å². The molecule has 4 rings (SSSR count). The van der Waals surface area contributed by atoms with E-state index in [0.29, 0.717) is 19.4 Å². The molecule has 0 bridgehead atoms. The molecule has 8 heteroatoms. The van der Waals surface area contributed by atoms with Gasteiger partial charge in [-0.25, -0.2) is 4.79 Å². The minimum absolute atomic E-state index is 0.0719. The Morgan fingerprint density at radius 3 is 2.66 bits per heavy atom. The lowest BCUT2D eigenvalue weighted by atomic mass is 10.1. The molecule has 8 nitrogen and oxygen atoms in total. The van der Waals surface area contributed by atoms with Crippen molar-refractivity contribution in [3.05, 3.63) is 65.9 Å². The zero-order chi connectivity index (χ0) is 22.5. The van der Waals surface area contributed by atoms with Crippen LogP contribution in [0.25, 0.3) is 10.9 Å². The van der Waals surface area contributed by atoms with Gasteiger partial charge in [-0.05, 0) is 42.2 Å². The van der Waals surface area contributed by atoms with E-state index in [1.54, 1.807) is 7.11 Å². The van der Waals surface area contributed by atoms with Crippen LogP contribution in [-0.4, -0.2) is 54.0 Å². The maximum absolute atomic E-state index is 12.6. The summed E-state index contributed by atoms with van der Waals surface area (Å²) >= 11 is 0. The van der Waals surface area contributed by atoms with Gasteiger partial charge < -0.3 is 20.4 Å². The number of amides is 4. The second-order valence-electron chi connectivity index (χ2n) is 7.75. The number of carbonyl (C=O) groups is 3. The number of urea groups is 1. The quantitative estimate of drug-likeness (QED) is 0.450. The van der Waals surface area contributed by atoms with Gasteiger partial charge in [0.1, 0.15) is 11.8 Å². The van der Waals surface area contributed by atoms with E-state index in [1.165, 1.54) is 4.90 Å². The summed E-state index contributed by atoms with van der Waals surface area (Å²) in [6, 6.07) is 14.2. The Balaban J connectivity index is 1.24. The number of hydrogen-bond acceptors (Lipinski definition) is 4. The van der Waals surface area contributed by atoms with Crippen LogP contribution in [0.1, 0.15) is 17.5 Å². The van der Waals surface area contributed by atoms with Crippen LogP contribution in [0.2, 0.25) is 0 Å². The molecule has 0 radical (unpaired) electrons. The molecular weight excluding hydrogens is 408 g/mol. The molecule has 1 aromatic heterocycles. The Hall–Kier alpha value is -3.81. The molecule has 1 aliphatic heterocycles. The Kier molecular flexibility index (Phi) is 6.39. The molecule has 0 saturated carbocycles. The lowest BCUT2D eigenvalue weighted by Crippen LogP contribution is -2.37. The number of nitrogens with one attached hydrogen (secondary N) is 3. The minimum Gasteiger partial charge on any atom is -0.497 e. The maximum atomic E-state index is 12.6. The fourth-order valence-electron chi connectivity index (χ4n) is 3.89. The number of ether oxygens (including phenoxy) is 1. The van der Waals surface area contributed by atoms with Crippen molar-refractivity contribution in [1.29, 1.82) is 0 Å². The molecule has 3 N–H and O–H groups in total. The van der Waals surface area contributed by atoms with E-state index >= 15 is 0 Å². The predicted octanol–water partition coefficient (Wildman–Crippen LogP) is 2.39. The first-order valence-electron chi connectivity index (χ1n) is 10.6. The number of imide groups is 1. The van der Waals surface area contributed by atoms with Gasteiger partial charge in [0.05, 0.1) is 13.5 Å². The van der Waals surface area contributed by atoms with Gasteiger partial charge in [-0.2, -0.15) is 0 Å². The smallest absolute Gasteiger partial charge is 0.324 e. The summed E-state index contributed by atoms with van der Waals surface area (Å²) in [5, 5.41) is 6.60. The SMILES string of the molecule is COc1ccc(CCN2C(=O)N[C@H](CC(=O)NCCc3c[nH]c4ccccc34)C2=O)cc1. The molecule has 0 unspecified atom stereocenters. The van der Waals surface area contributed by atoms with Gasteiger partial charge in [0, 0.05) is 30.2 Å². The standard InChI is InChI=1S/C24H26N4O4/c1-32-18-8-6-16(7-9-18)11-13-28-23(30)21(27-24(28)31)14-22(29)25-12-10-17-15-26-20-5-3-2-4-19(17)20/h2-9,15,21,26H,10-14H2,1H3,(H,25,29)(H,27,31)/t21-/m1/s1. The molecule has 0 aliphatic carbocycles. The van der Waals surface area contributed by atoms with Crippen molar-refractivity contribution in [2.45, 2.75) is 25.3 Å². The molecule has 0 spiro atoms. The molecule has 4 amide bonds. The van der Waals surface area contributed by atoms with Crippen molar-refractivity contribution in [1.82, 2.24) is 20.5 Å². The van der Waals surface area contributed by atoms with Crippen LogP contribution in [0.3, 0.4) is 0 Å². The molecule has 3 aromatic rings. The van der Waals surface area contributed by atoms with Gasteiger partial charge in [-0.3, -0.25) is 14.5 Å². The Morgan fingerprint density at radius 2 is 1.88 bits per heavy atom. The first kappa shape index (κ1) is 21.4. The Morgan fingerprint density at radius 1 is 1.09 bits per heavy atom. The topological polar surface area (TPSA) is 104 Å². The molecule has 1 fully saturated rings. The Bertz CT molecular complexity index is 1120. The van der Waals surface area contributed by atoms with Crippen molar-refractivity contribution >= 4 is 28.7 Å². The van der Waals surface area contributed by atoms with E-state index in [2.05, 4.69) is 15.6 Å². The number of hydrogen-bond donors (Lipinski definition) is 3. The third-order valence-corrected chi connectivity index (χ3v) is 5.67. The summed E-state index contributed by atoms with van der Waals surface area (Å²) in [6.45, 7) is 0.715. The number of rotatable bonds is 9. The number of aromatic amines is 1. The number of fused-ring (bicyclic) bond motifs is 1. The number of para-hydroxylation sites is 1. The molecule has 1 aliphatic rings. The van der Waals surface area contributed by atoms with Gasteiger partial charge in [0.15, 0.2) is 0 Å². The van der Waals surface area contributed by atoms with Crippen LogP contribution < -0.4 is 15.4 Å². The molecule has 32 heavy (non-hydrogen) atoms. The number of aromatic nitrogens is 1. The number of carbonyl (C=O) groups excluding carboxylic acids is 3. The number of nitrogens with zero attached hydrogens (tertiary/aromatic N) is 1. The zero-order valence-electron chi connectivity index (χ0n) is 17.9. The fourth-order valence-corrected chi connectivity index (χ4v) is 3.89. The van der Waals surface area contributed by atoms with Crippen molar-refractivity contribution in [2.24, 2.45) is 0 Å². The molecule has 2 aromatic carbocycles. The predicted molar refractivity (Wildman–Crippen MR) is 120 cm³/mol. The lowest BCUT2D eigenvalue weighted by molar-refractivity contribution is -0.130. The lowest BCUT2D eigenvalue weighted by Gasteiger charge is -2.13. The summed E-state index contributed by atoms with van der Waals surface area (Å²) in [5.41, 5.74) is 3.17. The van der Waals surface area contributed by atoms with E-state index < -0.39 is 12.1 Å². The first-order chi connectivity index (χ1) is 15.5. The molecule has 1 atom stereocenters. The number of H-pyrrole nitrogens is 1. The van der Waals surface area contributed by atoms with E-state index in [4.69, 9.17) is 4.74 Å². The molecule has 2 heterocycles. The van der Waals surface area contributed by atoms with Crippen molar-refractivity contribution in [3.8, 4) is 5.75 Å². The summed E-state index contributed by atoms with van der Waals surface area (Å²) in [5.74, 6) is 0.121. The van der Waals surface area contributed by atoms with Gasteiger partial charge in [-0.1, -0.05) is 30.3 Å². The minimum atomic E-state index is -0.827. The third-order valence-electron chi connectivity index (χ3n) is 5.67. The average molecular weight is 434 g/mol.